The number of urea groups is 1. The molecule has 6 nitrogen and oxygen atoms in total. The first-order valence-corrected chi connectivity index (χ1v) is 8.14. The molecule has 0 spiro atoms. The third kappa shape index (κ3) is 6.64. The summed E-state index contributed by atoms with van der Waals surface area (Å²) in [6.45, 7) is 3.87. The summed E-state index contributed by atoms with van der Waals surface area (Å²) in [5.41, 5.74) is 7.12. The number of amides is 3. The number of ether oxygens (including phenoxy) is 1. The van der Waals surface area contributed by atoms with Crippen molar-refractivity contribution in [3.05, 3.63) is 65.7 Å². The van der Waals surface area contributed by atoms with E-state index in [0.717, 1.165) is 16.9 Å². The van der Waals surface area contributed by atoms with Crippen LogP contribution in [0.15, 0.2) is 54.6 Å². The van der Waals surface area contributed by atoms with Crippen molar-refractivity contribution in [1.82, 2.24) is 10.2 Å². The fourth-order valence-corrected chi connectivity index (χ4v) is 2.35. The molecule has 2 aromatic rings. The molecule has 0 aliphatic rings. The number of nitrogens with zero attached hydrogens (tertiary/aromatic N) is 1. The van der Waals surface area contributed by atoms with Gasteiger partial charge in [0.15, 0.2) is 0 Å². The van der Waals surface area contributed by atoms with Crippen molar-refractivity contribution < 1.29 is 14.3 Å². The minimum absolute atomic E-state index is 0.117. The number of imide groups is 1. The summed E-state index contributed by atoms with van der Waals surface area (Å²) < 4.78 is 5.76. The maximum atomic E-state index is 11.6. The van der Waals surface area contributed by atoms with Gasteiger partial charge < -0.3 is 10.5 Å². The summed E-state index contributed by atoms with van der Waals surface area (Å²) in [7, 11) is 0. The monoisotopic (exact) mass is 341 g/mol. The molecule has 0 aromatic heterocycles. The van der Waals surface area contributed by atoms with Crippen molar-refractivity contribution >= 4 is 11.9 Å². The predicted octanol–water partition coefficient (Wildman–Crippen LogP) is 2.28. The van der Waals surface area contributed by atoms with E-state index in [9.17, 15) is 9.59 Å². The van der Waals surface area contributed by atoms with Crippen molar-refractivity contribution in [3.63, 3.8) is 0 Å². The Morgan fingerprint density at radius 1 is 1.04 bits per heavy atom. The van der Waals surface area contributed by atoms with Crippen LogP contribution in [0.4, 0.5) is 4.79 Å². The quantitative estimate of drug-likeness (QED) is 0.771. The van der Waals surface area contributed by atoms with E-state index in [4.69, 9.17) is 10.5 Å². The SMILES string of the molecule is CCN(CC(=O)NC(N)=O)Cc1ccc(OCc2ccccc2)cc1. The molecule has 25 heavy (non-hydrogen) atoms. The van der Waals surface area contributed by atoms with Crippen molar-refractivity contribution in [2.45, 2.75) is 20.1 Å². The second-order valence-electron chi connectivity index (χ2n) is 5.63. The molecule has 3 amide bonds. The molecule has 0 saturated carbocycles. The third-order valence-electron chi connectivity index (χ3n) is 3.65. The molecule has 2 rings (SSSR count). The highest BCUT2D eigenvalue weighted by Gasteiger charge is 2.11. The van der Waals surface area contributed by atoms with Crippen molar-refractivity contribution in [3.8, 4) is 5.75 Å². The molecule has 0 atom stereocenters. The zero-order chi connectivity index (χ0) is 18.1. The van der Waals surface area contributed by atoms with Gasteiger partial charge >= 0.3 is 6.03 Å². The van der Waals surface area contributed by atoms with Crippen LogP contribution in [-0.2, 0) is 17.9 Å². The van der Waals surface area contributed by atoms with Crippen LogP contribution in [0.5, 0.6) is 5.75 Å². The number of benzene rings is 2. The van der Waals surface area contributed by atoms with Crippen molar-refractivity contribution in [1.29, 1.82) is 0 Å². The molecule has 0 heterocycles. The number of primary amides is 1. The van der Waals surface area contributed by atoms with Gasteiger partial charge in [-0.05, 0) is 29.8 Å². The van der Waals surface area contributed by atoms with E-state index in [1.54, 1.807) is 0 Å². The van der Waals surface area contributed by atoms with E-state index in [1.807, 2.05) is 66.4 Å². The Labute approximate surface area is 147 Å². The highest BCUT2D eigenvalue weighted by molar-refractivity contribution is 5.94. The molecule has 0 saturated heterocycles. The van der Waals surface area contributed by atoms with Gasteiger partial charge in [0.1, 0.15) is 12.4 Å². The van der Waals surface area contributed by atoms with E-state index >= 15 is 0 Å². The molecule has 0 bridgehead atoms. The first-order chi connectivity index (χ1) is 12.1. The first kappa shape index (κ1) is 18.5. The number of rotatable bonds is 8. The largest absolute Gasteiger partial charge is 0.489 e. The molecular weight excluding hydrogens is 318 g/mol. The standard InChI is InChI=1S/C19H23N3O3/c1-2-22(13-18(23)21-19(20)24)12-15-8-10-17(11-9-15)25-14-16-6-4-3-5-7-16/h3-11H,2,12-14H2,1H3,(H3,20,21,23,24). The smallest absolute Gasteiger partial charge is 0.318 e. The van der Waals surface area contributed by atoms with Gasteiger partial charge in [-0.3, -0.25) is 15.0 Å². The third-order valence-corrected chi connectivity index (χ3v) is 3.65. The predicted molar refractivity (Wildman–Crippen MR) is 95.9 cm³/mol. The maximum absolute atomic E-state index is 11.6. The van der Waals surface area contributed by atoms with Gasteiger partial charge in [0.05, 0.1) is 6.54 Å². The Morgan fingerprint density at radius 2 is 1.72 bits per heavy atom. The summed E-state index contributed by atoms with van der Waals surface area (Å²) in [4.78, 5) is 24.2. The molecule has 0 radical (unpaired) electrons. The van der Waals surface area contributed by atoms with Crippen LogP contribution in [0.25, 0.3) is 0 Å². The second-order valence-corrected chi connectivity index (χ2v) is 5.63. The van der Waals surface area contributed by atoms with Crippen LogP contribution in [0.1, 0.15) is 18.1 Å². The minimum atomic E-state index is -0.832. The van der Waals surface area contributed by atoms with Crippen LogP contribution in [0.2, 0.25) is 0 Å². The lowest BCUT2D eigenvalue weighted by Crippen LogP contribution is -2.42. The molecule has 0 aliphatic carbocycles. The van der Waals surface area contributed by atoms with Gasteiger partial charge in [0.2, 0.25) is 5.91 Å². The molecular formula is C19H23N3O3. The fraction of sp³-hybridized carbons (Fsp3) is 0.263. The van der Waals surface area contributed by atoms with Gasteiger partial charge in [0.25, 0.3) is 0 Å². The van der Waals surface area contributed by atoms with E-state index in [0.29, 0.717) is 19.7 Å². The van der Waals surface area contributed by atoms with Crippen LogP contribution in [0, 0.1) is 0 Å². The Bertz CT molecular complexity index is 687. The number of hydrogen-bond acceptors (Lipinski definition) is 4. The summed E-state index contributed by atoms with van der Waals surface area (Å²) >= 11 is 0. The van der Waals surface area contributed by atoms with Crippen molar-refractivity contribution in [2.75, 3.05) is 13.1 Å². The van der Waals surface area contributed by atoms with E-state index in [1.165, 1.54) is 0 Å². The molecule has 2 aromatic carbocycles. The van der Waals surface area contributed by atoms with Gasteiger partial charge in [-0.1, -0.05) is 49.4 Å². The van der Waals surface area contributed by atoms with Gasteiger partial charge in [-0.25, -0.2) is 4.79 Å². The average Bonchev–Trinajstić information content (AvgIpc) is 2.60. The zero-order valence-electron chi connectivity index (χ0n) is 14.3. The minimum Gasteiger partial charge on any atom is -0.489 e. The Balaban J connectivity index is 1.85. The van der Waals surface area contributed by atoms with E-state index < -0.39 is 11.9 Å². The van der Waals surface area contributed by atoms with Crippen LogP contribution >= 0.6 is 0 Å². The normalized spacial score (nSPS) is 10.5. The fourth-order valence-electron chi connectivity index (χ4n) is 2.35. The summed E-state index contributed by atoms with van der Waals surface area (Å²) in [5, 5.41) is 2.07. The topological polar surface area (TPSA) is 84.7 Å². The maximum Gasteiger partial charge on any atom is 0.318 e. The van der Waals surface area contributed by atoms with Crippen LogP contribution < -0.4 is 15.8 Å². The first-order valence-electron chi connectivity index (χ1n) is 8.14. The zero-order valence-corrected chi connectivity index (χ0v) is 14.3. The van der Waals surface area contributed by atoms with E-state index in [2.05, 4.69) is 5.32 Å². The molecule has 6 heteroatoms. The number of hydrogen-bond donors (Lipinski definition) is 2. The molecule has 0 fully saturated rings. The second kappa shape index (κ2) is 9.44. The lowest BCUT2D eigenvalue weighted by Gasteiger charge is -2.19. The number of nitrogens with two attached hydrogens (primary N) is 1. The lowest BCUT2D eigenvalue weighted by molar-refractivity contribution is -0.121. The van der Waals surface area contributed by atoms with Crippen LogP contribution in [-0.4, -0.2) is 29.9 Å². The summed E-state index contributed by atoms with van der Waals surface area (Å²) in [6.07, 6.45) is 0. The summed E-state index contributed by atoms with van der Waals surface area (Å²) in [5.74, 6) is 0.388. The highest BCUT2D eigenvalue weighted by atomic mass is 16.5. The lowest BCUT2D eigenvalue weighted by atomic mass is 10.2. The van der Waals surface area contributed by atoms with Gasteiger partial charge in [-0.2, -0.15) is 0 Å². The summed E-state index contributed by atoms with van der Waals surface area (Å²) in [6, 6.07) is 16.9. The Kier molecular flexibility index (Phi) is 6.98. The highest BCUT2D eigenvalue weighted by Crippen LogP contribution is 2.15. The Hall–Kier alpha value is -2.86. The Morgan fingerprint density at radius 3 is 2.32 bits per heavy atom. The van der Waals surface area contributed by atoms with Gasteiger partial charge in [-0.15, -0.1) is 0 Å². The number of nitrogens with one attached hydrogen (secondary N) is 1. The number of likely N-dealkylation sites (N-methyl/N-ethyl adjacent to an activating group) is 1. The number of carbonyl (C=O) groups is 2. The number of carbonyl (C=O) groups excluding carboxylic acids is 2. The molecule has 0 unspecified atom stereocenters. The van der Waals surface area contributed by atoms with E-state index in [-0.39, 0.29) is 6.54 Å². The molecule has 132 valence electrons. The average molecular weight is 341 g/mol. The molecule has 0 aliphatic heterocycles. The van der Waals surface area contributed by atoms with Crippen molar-refractivity contribution in [2.24, 2.45) is 5.73 Å². The van der Waals surface area contributed by atoms with Gasteiger partial charge in [0, 0.05) is 6.54 Å². The van der Waals surface area contributed by atoms with Crippen LogP contribution in [0.3, 0.4) is 0 Å². The molecule has 3 N–H and O–H groups in total.